The second-order valence-electron chi connectivity index (χ2n) is 3.53. The van der Waals surface area contributed by atoms with Crippen molar-refractivity contribution in [1.82, 2.24) is 0 Å². The van der Waals surface area contributed by atoms with E-state index in [2.05, 4.69) is 0 Å². The Balaban J connectivity index is 1.99. The fraction of sp³-hybridized carbons (Fsp3) is 1.00. The van der Waals surface area contributed by atoms with Crippen molar-refractivity contribution in [3.05, 3.63) is 0 Å². The summed E-state index contributed by atoms with van der Waals surface area (Å²) in [6.45, 7) is 0. The largest absolute Gasteiger partial charge is 0.393 e. The summed E-state index contributed by atoms with van der Waals surface area (Å²) in [5, 5.41) is 9.51. The number of rotatable bonds is 0. The van der Waals surface area contributed by atoms with Crippen LogP contribution in [0.1, 0.15) is 25.7 Å². The fourth-order valence-electron chi connectivity index (χ4n) is 2.04. The number of aliphatic hydroxyl groups is 1. The Kier molecular flexibility index (Phi) is 1.69. The predicted molar refractivity (Wildman–Crippen MR) is 44.2 cm³/mol. The van der Waals surface area contributed by atoms with E-state index in [1.165, 1.54) is 30.8 Å². The lowest BCUT2D eigenvalue weighted by molar-refractivity contribution is -0.0698. The minimum absolute atomic E-state index is 0.0494. The van der Waals surface area contributed by atoms with Gasteiger partial charge in [0.1, 0.15) is 0 Å². The molecule has 1 unspecified atom stereocenters. The predicted octanol–water partition coefficient (Wildman–Crippen LogP) is 1.65. The summed E-state index contributed by atoms with van der Waals surface area (Å²) in [7, 11) is 0. The first-order valence-electron chi connectivity index (χ1n) is 4.09. The van der Waals surface area contributed by atoms with Gasteiger partial charge in [-0.2, -0.15) is 11.8 Å². The third-order valence-electron chi connectivity index (χ3n) is 3.11. The maximum atomic E-state index is 9.51. The van der Waals surface area contributed by atoms with E-state index < -0.39 is 0 Å². The molecule has 1 nitrogen and oxygen atoms in total. The molecule has 1 aliphatic carbocycles. The maximum absolute atomic E-state index is 9.51. The Morgan fingerprint density at radius 1 is 1.20 bits per heavy atom. The van der Waals surface area contributed by atoms with Gasteiger partial charge >= 0.3 is 0 Å². The summed E-state index contributed by atoms with van der Waals surface area (Å²) >= 11 is 2.04. The van der Waals surface area contributed by atoms with Crippen LogP contribution in [0.2, 0.25) is 0 Å². The van der Waals surface area contributed by atoms with E-state index in [1.807, 2.05) is 11.8 Å². The average molecular weight is 158 g/mol. The Hall–Kier alpha value is 0.310. The van der Waals surface area contributed by atoms with E-state index in [0.717, 1.165) is 6.42 Å². The SMILES string of the molecule is OC1CCC12CCSCC2. The number of hydrogen-bond donors (Lipinski definition) is 1. The van der Waals surface area contributed by atoms with E-state index in [4.69, 9.17) is 0 Å². The molecule has 58 valence electrons. The molecule has 0 aromatic heterocycles. The van der Waals surface area contributed by atoms with Gasteiger partial charge in [-0.15, -0.1) is 0 Å². The Morgan fingerprint density at radius 2 is 1.90 bits per heavy atom. The molecule has 0 aromatic carbocycles. The molecule has 10 heavy (non-hydrogen) atoms. The highest BCUT2D eigenvalue weighted by atomic mass is 32.2. The van der Waals surface area contributed by atoms with Gasteiger partial charge in [-0.05, 0) is 42.6 Å². The lowest BCUT2D eigenvalue weighted by Gasteiger charge is -2.49. The van der Waals surface area contributed by atoms with Crippen molar-refractivity contribution in [2.75, 3.05) is 11.5 Å². The lowest BCUT2D eigenvalue weighted by Crippen LogP contribution is -2.47. The molecule has 2 fully saturated rings. The van der Waals surface area contributed by atoms with Crippen molar-refractivity contribution in [1.29, 1.82) is 0 Å². The molecule has 2 rings (SSSR count). The number of hydrogen-bond acceptors (Lipinski definition) is 2. The highest BCUT2D eigenvalue weighted by Crippen LogP contribution is 2.50. The van der Waals surface area contributed by atoms with Gasteiger partial charge in [0, 0.05) is 0 Å². The monoisotopic (exact) mass is 158 g/mol. The van der Waals surface area contributed by atoms with Crippen LogP contribution >= 0.6 is 11.8 Å². The van der Waals surface area contributed by atoms with Crippen LogP contribution in [0.25, 0.3) is 0 Å². The molecule has 0 aromatic rings. The average Bonchev–Trinajstić information content (AvgIpc) is 2.04. The topological polar surface area (TPSA) is 20.2 Å². The standard InChI is InChI=1S/C8H14OS/c9-7-1-2-8(7)3-5-10-6-4-8/h7,9H,1-6H2. The molecule has 1 aliphatic heterocycles. The number of thioether (sulfide) groups is 1. The third-order valence-corrected chi connectivity index (χ3v) is 4.10. The van der Waals surface area contributed by atoms with E-state index in [0.29, 0.717) is 5.41 Å². The first-order valence-corrected chi connectivity index (χ1v) is 5.25. The van der Waals surface area contributed by atoms with Crippen LogP contribution in [-0.4, -0.2) is 22.7 Å². The van der Waals surface area contributed by atoms with Crippen molar-refractivity contribution in [2.24, 2.45) is 5.41 Å². The molecular weight excluding hydrogens is 144 g/mol. The van der Waals surface area contributed by atoms with Crippen LogP contribution in [0.4, 0.5) is 0 Å². The molecule has 1 saturated carbocycles. The molecule has 2 heteroatoms. The van der Waals surface area contributed by atoms with Crippen molar-refractivity contribution in [3.8, 4) is 0 Å². The van der Waals surface area contributed by atoms with Crippen LogP contribution in [0.15, 0.2) is 0 Å². The molecule has 1 heterocycles. The highest BCUT2D eigenvalue weighted by Gasteiger charge is 2.45. The molecule has 0 radical (unpaired) electrons. The zero-order valence-electron chi connectivity index (χ0n) is 6.18. The van der Waals surface area contributed by atoms with Crippen LogP contribution in [0, 0.1) is 5.41 Å². The molecule has 2 aliphatic rings. The van der Waals surface area contributed by atoms with Gasteiger partial charge in [-0.3, -0.25) is 0 Å². The minimum Gasteiger partial charge on any atom is -0.393 e. The van der Waals surface area contributed by atoms with Gasteiger partial charge in [-0.1, -0.05) is 0 Å². The summed E-state index contributed by atoms with van der Waals surface area (Å²) in [5.41, 5.74) is 0.394. The lowest BCUT2D eigenvalue weighted by atomic mass is 9.63. The molecule has 0 amide bonds. The summed E-state index contributed by atoms with van der Waals surface area (Å²) < 4.78 is 0. The van der Waals surface area contributed by atoms with Crippen molar-refractivity contribution >= 4 is 11.8 Å². The van der Waals surface area contributed by atoms with Crippen LogP contribution in [0.3, 0.4) is 0 Å². The second kappa shape index (κ2) is 2.42. The second-order valence-corrected chi connectivity index (χ2v) is 4.75. The van der Waals surface area contributed by atoms with Gasteiger partial charge < -0.3 is 5.11 Å². The quantitative estimate of drug-likeness (QED) is 0.578. The highest BCUT2D eigenvalue weighted by molar-refractivity contribution is 7.99. The molecule has 1 N–H and O–H groups in total. The summed E-state index contributed by atoms with van der Waals surface area (Å²) in [6.07, 6.45) is 4.92. The van der Waals surface area contributed by atoms with Gasteiger partial charge in [0.2, 0.25) is 0 Å². The zero-order chi connectivity index (χ0) is 7.03. The normalized spacial score (nSPS) is 37.5. The van der Waals surface area contributed by atoms with Crippen LogP contribution < -0.4 is 0 Å². The third kappa shape index (κ3) is 0.892. The molecule has 1 spiro atoms. The molecule has 0 bridgehead atoms. The molecule has 1 saturated heterocycles. The van der Waals surface area contributed by atoms with Crippen molar-refractivity contribution < 1.29 is 5.11 Å². The first-order chi connectivity index (χ1) is 4.83. The fourth-order valence-corrected chi connectivity index (χ4v) is 3.35. The number of aliphatic hydroxyl groups excluding tert-OH is 1. The maximum Gasteiger partial charge on any atom is 0.0597 e. The Labute approximate surface area is 66.2 Å². The van der Waals surface area contributed by atoms with E-state index in [-0.39, 0.29) is 6.10 Å². The first kappa shape index (κ1) is 6.99. The zero-order valence-corrected chi connectivity index (χ0v) is 6.99. The molecular formula is C8H14OS. The van der Waals surface area contributed by atoms with Gasteiger partial charge in [0.15, 0.2) is 0 Å². The molecule has 1 atom stereocenters. The van der Waals surface area contributed by atoms with E-state index in [1.54, 1.807) is 0 Å². The Morgan fingerprint density at radius 3 is 2.20 bits per heavy atom. The van der Waals surface area contributed by atoms with Crippen LogP contribution in [-0.2, 0) is 0 Å². The van der Waals surface area contributed by atoms with Gasteiger partial charge in [0.25, 0.3) is 0 Å². The van der Waals surface area contributed by atoms with Gasteiger partial charge in [-0.25, -0.2) is 0 Å². The summed E-state index contributed by atoms with van der Waals surface area (Å²) in [6, 6.07) is 0. The van der Waals surface area contributed by atoms with Crippen LogP contribution in [0.5, 0.6) is 0 Å². The van der Waals surface area contributed by atoms with Crippen molar-refractivity contribution in [2.45, 2.75) is 31.8 Å². The van der Waals surface area contributed by atoms with E-state index >= 15 is 0 Å². The summed E-state index contributed by atoms with van der Waals surface area (Å²) in [4.78, 5) is 0. The van der Waals surface area contributed by atoms with Crippen molar-refractivity contribution in [3.63, 3.8) is 0 Å². The van der Waals surface area contributed by atoms with E-state index in [9.17, 15) is 5.11 Å². The summed E-state index contributed by atoms with van der Waals surface area (Å²) in [5.74, 6) is 2.55. The smallest absolute Gasteiger partial charge is 0.0597 e. The van der Waals surface area contributed by atoms with Gasteiger partial charge in [0.05, 0.1) is 6.10 Å². The minimum atomic E-state index is 0.0494. The Bertz CT molecular complexity index is 129.